The summed E-state index contributed by atoms with van der Waals surface area (Å²) in [6, 6.07) is 5.46. The summed E-state index contributed by atoms with van der Waals surface area (Å²) < 4.78 is 1.98. The number of unbranched alkanes of at least 4 members (excludes halogenated alkanes) is 1. The van der Waals surface area contributed by atoms with Gasteiger partial charge in [-0.1, -0.05) is 19.4 Å². The summed E-state index contributed by atoms with van der Waals surface area (Å²) >= 11 is 0. The molecule has 0 saturated heterocycles. The number of amides is 2. The highest BCUT2D eigenvalue weighted by Gasteiger charge is 2.30. The molecule has 26 heavy (non-hydrogen) atoms. The lowest BCUT2D eigenvalue weighted by molar-refractivity contribution is -0.134. The first kappa shape index (κ1) is 18.1. The summed E-state index contributed by atoms with van der Waals surface area (Å²) in [7, 11) is 0. The highest BCUT2D eigenvalue weighted by atomic mass is 16.2. The molecule has 7 heteroatoms. The Morgan fingerprint density at radius 1 is 1.31 bits per heavy atom. The minimum absolute atomic E-state index is 0.120. The third-order valence-corrected chi connectivity index (χ3v) is 4.68. The molecule has 1 aliphatic rings. The van der Waals surface area contributed by atoms with Crippen molar-refractivity contribution in [1.29, 1.82) is 0 Å². The molecule has 2 amide bonds. The molecule has 1 aliphatic heterocycles. The third-order valence-electron chi connectivity index (χ3n) is 4.68. The monoisotopic (exact) mass is 355 g/mol. The topological polar surface area (TPSA) is 80.1 Å². The summed E-state index contributed by atoms with van der Waals surface area (Å²) in [4.78, 5) is 35.3. The van der Waals surface area contributed by atoms with E-state index in [4.69, 9.17) is 0 Å². The number of hydrogen-bond donors (Lipinski definition) is 1. The van der Waals surface area contributed by atoms with Gasteiger partial charge in [0.05, 0.1) is 18.3 Å². The van der Waals surface area contributed by atoms with Gasteiger partial charge in [-0.05, 0) is 25.5 Å². The van der Waals surface area contributed by atoms with Gasteiger partial charge in [0, 0.05) is 31.9 Å². The van der Waals surface area contributed by atoms with Crippen LogP contribution in [0.3, 0.4) is 0 Å². The van der Waals surface area contributed by atoms with Gasteiger partial charge >= 0.3 is 0 Å². The first-order valence-electron chi connectivity index (χ1n) is 9.14. The number of pyridine rings is 1. The molecule has 0 aromatic carbocycles. The average Bonchev–Trinajstić information content (AvgIpc) is 3.10. The quantitative estimate of drug-likeness (QED) is 0.862. The van der Waals surface area contributed by atoms with Gasteiger partial charge in [-0.15, -0.1) is 0 Å². The summed E-state index contributed by atoms with van der Waals surface area (Å²) in [6.07, 6.45) is 5.94. The van der Waals surface area contributed by atoms with Crippen LogP contribution in [-0.4, -0.2) is 37.8 Å². The van der Waals surface area contributed by atoms with Crippen molar-refractivity contribution in [3.8, 4) is 0 Å². The van der Waals surface area contributed by atoms with Gasteiger partial charge in [-0.2, -0.15) is 0 Å². The zero-order valence-electron chi connectivity index (χ0n) is 15.3. The molecule has 1 N–H and O–H groups in total. The lowest BCUT2D eigenvalue weighted by Crippen LogP contribution is -2.41. The van der Waals surface area contributed by atoms with Crippen LogP contribution in [0, 0.1) is 0 Å². The highest BCUT2D eigenvalue weighted by Crippen LogP contribution is 2.25. The Morgan fingerprint density at radius 2 is 2.15 bits per heavy atom. The molecule has 0 bridgehead atoms. The van der Waals surface area contributed by atoms with Crippen LogP contribution in [0.15, 0.2) is 30.6 Å². The summed E-state index contributed by atoms with van der Waals surface area (Å²) in [6.45, 7) is 5.73. The molecule has 0 aliphatic carbocycles. The molecule has 3 rings (SSSR count). The van der Waals surface area contributed by atoms with Crippen molar-refractivity contribution in [2.75, 3.05) is 6.54 Å². The molecule has 0 spiro atoms. The Bertz CT molecular complexity index is 771. The van der Waals surface area contributed by atoms with E-state index in [0.717, 1.165) is 24.4 Å². The van der Waals surface area contributed by atoms with Crippen molar-refractivity contribution in [2.45, 2.75) is 52.2 Å². The van der Waals surface area contributed by atoms with E-state index in [2.05, 4.69) is 22.2 Å². The number of imidazole rings is 1. The van der Waals surface area contributed by atoms with Crippen molar-refractivity contribution in [3.63, 3.8) is 0 Å². The van der Waals surface area contributed by atoms with E-state index in [1.165, 1.54) is 0 Å². The average molecular weight is 355 g/mol. The Hall–Kier alpha value is -2.70. The fourth-order valence-electron chi connectivity index (χ4n) is 3.18. The van der Waals surface area contributed by atoms with Gasteiger partial charge in [-0.25, -0.2) is 4.98 Å². The lowest BCUT2D eigenvalue weighted by Gasteiger charge is -2.33. The zero-order valence-corrected chi connectivity index (χ0v) is 15.3. The van der Waals surface area contributed by atoms with Crippen molar-refractivity contribution in [1.82, 2.24) is 24.8 Å². The number of hydrogen-bond acceptors (Lipinski definition) is 4. The number of fused-ring (bicyclic) bond motifs is 1. The number of nitrogens with zero attached hydrogens (tertiary/aromatic N) is 4. The highest BCUT2D eigenvalue weighted by molar-refractivity contribution is 5.92. The molecular formula is C19H25N5O2. The van der Waals surface area contributed by atoms with E-state index in [1.54, 1.807) is 12.4 Å². The first-order chi connectivity index (χ1) is 12.6. The fourth-order valence-corrected chi connectivity index (χ4v) is 3.18. The molecule has 0 fully saturated rings. The lowest BCUT2D eigenvalue weighted by atomic mass is 10.1. The van der Waals surface area contributed by atoms with E-state index >= 15 is 0 Å². The van der Waals surface area contributed by atoms with Crippen LogP contribution in [-0.2, 0) is 17.9 Å². The van der Waals surface area contributed by atoms with E-state index < -0.39 is 0 Å². The van der Waals surface area contributed by atoms with Crippen LogP contribution in [0.25, 0.3) is 0 Å². The third kappa shape index (κ3) is 3.92. The minimum Gasteiger partial charge on any atom is -0.345 e. The Balaban J connectivity index is 1.66. The largest absolute Gasteiger partial charge is 0.345 e. The molecule has 0 saturated carbocycles. The maximum Gasteiger partial charge on any atom is 0.271 e. The zero-order chi connectivity index (χ0) is 18.5. The number of rotatable bonds is 6. The SMILES string of the molecule is CCCCC(=O)N1CCn2cc(C(=O)NCc3ccccn3)nc2[C@@H]1C. The predicted octanol–water partition coefficient (Wildman–Crippen LogP) is 2.30. The fraction of sp³-hybridized carbons (Fsp3) is 0.474. The van der Waals surface area contributed by atoms with Gasteiger partial charge in [0.1, 0.15) is 11.5 Å². The normalized spacial score (nSPS) is 16.2. The van der Waals surface area contributed by atoms with Crippen LogP contribution in [0.5, 0.6) is 0 Å². The van der Waals surface area contributed by atoms with Crippen molar-refractivity contribution in [2.24, 2.45) is 0 Å². The van der Waals surface area contributed by atoms with Crippen LogP contribution < -0.4 is 5.32 Å². The first-order valence-corrected chi connectivity index (χ1v) is 9.14. The number of carbonyl (C=O) groups is 2. The molecule has 3 heterocycles. The van der Waals surface area contributed by atoms with Gasteiger partial charge in [-0.3, -0.25) is 14.6 Å². The standard InChI is InChI=1S/C19H25N5O2/c1-3-4-8-17(25)24-11-10-23-13-16(22-18(23)14(24)2)19(26)21-12-15-7-5-6-9-20-15/h5-7,9,13-14H,3-4,8,10-12H2,1-2H3,(H,21,26)/t14-/m0/s1. The molecule has 0 unspecified atom stereocenters. The van der Waals surface area contributed by atoms with Gasteiger partial charge in [0.15, 0.2) is 0 Å². The minimum atomic E-state index is -0.228. The van der Waals surface area contributed by atoms with Crippen molar-refractivity contribution >= 4 is 11.8 Å². The molecule has 7 nitrogen and oxygen atoms in total. The summed E-state index contributed by atoms with van der Waals surface area (Å²) in [5.74, 6) is 0.701. The predicted molar refractivity (Wildman–Crippen MR) is 97.3 cm³/mol. The molecule has 2 aromatic heterocycles. The molecule has 0 radical (unpaired) electrons. The van der Waals surface area contributed by atoms with E-state index in [-0.39, 0.29) is 17.9 Å². The maximum atomic E-state index is 12.4. The van der Waals surface area contributed by atoms with Gasteiger partial charge in [0.25, 0.3) is 5.91 Å². The molecule has 1 atom stereocenters. The molecule has 138 valence electrons. The number of aromatic nitrogens is 3. The van der Waals surface area contributed by atoms with Gasteiger partial charge in [0.2, 0.25) is 5.91 Å². The number of carbonyl (C=O) groups excluding carboxylic acids is 2. The Labute approximate surface area is 153 Å². The number of nitrogens with one attached hydrogen (secondary N) is 1. The second-order valence-corrected chi connectivity index (χ2v) is 6.55. The van der Waals surface area contributed by atoms with Crippen LogP contribution >= 0.6 is 0 Å². The van der Waals surface area contributed by atoms with Crippen molar-refractivity contribution in [3.05, 3.63) is 47.8 Å². The summed E-state index contributed by atoms with van der Waals surface area (Å²) in [5.41, 5.74) is 1.18. The Kier molecular flexibility index (Phi) is 5.65. The Morgan fingerprint density at radius 3 is 2.88 bits per heavy atom. The van der Waals surface area contributed by atoms with Crippen LogP contribution in [0.1, 0.15) is 61.2 Å². The molecule has 2 aromatic rings. The van der Waals surface area contributed by atoms with Crippen LogP contribution in [0.2, 0.25) is 0 Å². The second-order valence-electron chi connectivity index (χ2n) is 6.55. The second kappa shape index (κ2) is 8.12. The molecular weight excluding hydrogens is 330 g/mol. The van der Waals surface area contributed by atoms with Crippen LogP contribution in [0.4, 0.5) is 0 Å². The summed E-state index contributed by atoms with van der Waals surface area (Å²) in [5, 5.41) is 2.84. The van der Waals surface area contributed by atoms with E-state index in [0.29, 0.717) is 31.7 Å². The smallest absolute Gasteiger partial charge is 0.271 e. The van der Waals surface area contributed by atoms with E-state index in [9.17, 15) is 9.59 Å². The van der Waals surface area contributed by atoms with Crippen molar-refractivity contribution < 1.29 is 9.59 Å². The van der Waals surface area contributed by atoms with E-state index in [1.807, 2.05) is 34.6 Å². The maximum absolute atomic E-state index is 12.4. The van der Waals surface area contributed by atoms with Gasteiger partial charge < -0.3 is 14.8 Å².